The van der Waals surface area contributed by atoms with E-state index in [1.54, 1.807) is 18.9 Å². The van der Waals surface area contributed by atoms with Crippen LogP contribution in [0.3, 0.4) is 0 Å². The third-order valence-electron chi connectivity index (χ3n) is 5.15. The summed E-state index contributed by atoms with van der Waals surface area (Å²) in [6, 6.07) is 16.5. The van der Waals surface area contributed by atoms with E-state index in [0.717, 1.165) is 37.4 Å². The van der Waals surface area contributed by atoms with Gasteiger partial charge in [-0.1, -0.05) is 24.3 Å². The van der Waals surface area contributed by atoms with Crippen molar-refractivity contribution in [1.82, 2.24) is 4.90 Å². The zero-order valence-electron chi connectivity index (χ0n) is 15.9. The first-order chi connectivity index (χ1) is 13.2. The van der Waals surface area contributed by atoms with Gasteiger partial charge in [-0.25, -0.2) is 0 Å². The van der Waals surface area contributed by atoms with Crippen molar-refractivity contribution < 1.29 is 9.53 Å². The smallest absolute Gasteiger partial charge is 0.223 e. The van der Waals surface area contributed by atoms with Gasteiger partial charge in [-0.3, -0.25) is 4.79 Å². The van der Waals surface area contributed by atoms with Gasteiger partial charge in [0.1, 0.15) is 5.75 Å². The Morgan fingerprint density at radius 3 is 2.59 bits per heavy atom. The minimum atomic E-state index is 0.269. The first-order valence-electron chi connectivity index (χ1n) is 9.53. The van der Waals surface area contributed by atoms with Gasteiger partial charge in [-0.05, 0) is 54.2 Å². The molecule has 4 nitrogen and oxygen atoms in total. The summed E-state index contributed by atoms with van der Waals surface area (Å²) >= 11 is 1.72. The number of methoxy groups -OCH3 is 1. The molecule has 0 bridgehead atoms. The maximum absolute atomic E-state index is 12.5. The number of amides is 1. The van der Waals surface area contributed by atoms with Crippen molar-refractivity contribution >= 4 is 17.7 Å². The molecular formula is C22H28N2O2S. The molecule has 27 heavy (non-hydrogen) atoms. The van der Waals surface area contributed by atoms with Gasteiger partial charge in [0.2, 0.25) is 5.91 Å². The van der Waals surface area contributed by atoms with Gasteiger partial charge in [0.25, 0.3) is 0 Å². The summed E-state index contributed by atoms with van der Waals surface area (Å²) in [4.78, 5) is 15.7. The highest BCUT2D eigenvalue weighted by Gasteiger charge is 2.23. The molecule has 0 radical (unpaired) electrons. The van der Waals surface area contributed by atoms with Crippen LogP contribution in [0.15, 0.2) is 53.4 Å². The van der Waals surface area contributed by atoms with Crippen LogP contribution in [0.2, 0.25) is 0 Å². The average Bonchev–Trinajstić information content (AvgIpc) is 2.74. The number of likely N-dealkylation sites (tertiary alicyclic amines) is 1. The second kappa shape index (κ2) is 9.81. The Hall–Kier alpha value is -1.98. The minimum Gasteiger partial charge on any atom is -0.497 e. The quantitative estimate of drug-likeness (QED) is 0.732. The van der Waals surface area contributed by atoms with Crippen LogP contribution >= 0.6 is 11.8 Å². The Balaban J connectivity index is 1.42. The van der Waals surface area contributed by atoms with Crippen LogP contribution in [-0.2, 0) is 11.3 Å². The highest BCUT2D eigenvalue weighted by molar-refractivity contribution is 7.99. The third kappa shape index (κ3) is 5.50. The summed E-state index contributed by atoms with van der Waals surface area (Å²) in [6.07, 6.45) is 2.65. The number of carbonyl (C=O) groups is 1. The van der Waals surface area contributed by atoms with Crippen molar-refractivity contribution in [3.8, 4) is 5.75 Å². The molecule has 3 rings (SSSR count). The normalized spacial score (nSPS) is 15.0. The molecule has 144 valence electrons. The molecule has 0 unspecified atom stereocenters. The van der Waals surface area contributed by atoms with Crippen LogP contribution in [0.25, 0.3) is 0 Å². The SMILES string of the molecule is COc1ccc(SCCC(=O)N2CCC(c3cccc(CN)c3)CC2)cc1. The van der Waals surface area contributed by atoms with E-state index in [2.05, 4.69) is 24.3 Å². The summed E-state index contributed by atoms with van der Waals surface area (Å²) < 4.78 is 5.17. The van der Waals surface area contributed by atoms with Gasteiger partial charge in [-0.2, -0.15) is 0 Å². The molecule has 0 aliphatic carbocycles. The third-order valence-corrected chi connectivity index (χ3v) is 6.16. The molecule has 0 aromatic heterocycles. The number of hydrogen-bond donors (Lipinski definition) is 1. The lowest BCUT2D eigenvalue weighted by molar-refractivity contribution is -0.131. The number of hydrogen-bond acceptors (Lipinski definition) is 4. The summed E-state index contributed by atoms with van der Waals surface area (Å²) in [5, 5.41) is 0. The number of nitrogens with zero attached hydrogens (tertiary/aromatic N) is 1. The van der Waals surface area contributed by atoms with Gasteiger partial charge in [0.15, 0.2) is 0 Å². The topological polar surface area (TPSA) is 55.6 Å². The highest BCUT2D eigenvalue weighted by Crippen LogP contribution is 2.29. The molecule has 0 spiro atoms. The molecular weight excluding hydrogens is 356 g/mol. The Morgan fingerprint density at radius 1 is 1.19 bits per heavy atom. The van der Waals surface area contributed by atoms with Crippen molar-refractivity contribution in [3.63, 3.8) is 0 Å². The van der Waals surface area contributed by atoms with Gasteiger partial charge >= 0.3 is 0 Å². The molecule has 2 aromatic rings. The van der Waals surface area contributed by atoms with E-state index in [1.165, 1.54) is 16.0 Å². The van der Waals surface area contributed by atoms with Gasteiger partial charge < -0.3 is 15.4 Å². The number of carbonyl (C=O) groups excluding carboxylic acids is 1. The van der Waals surface area contributed by atoms with Gasteiger partial charge in [0, 0.05) is 36.7 Å². The van der Waals surface area contributed by atoms with E-state index >= 15 is 0 Å². The maximum Gasteiger partial charge on any atom is 0.223 e. The fraction of sp³-hybridized carbons (Fsp3) is 0.409. The number of piperidine rings is 1. The van der Waals surface area contributed by atoms with Crippen molar-refractivity contribution in [3.05, 3.63) is 59.7 Å². The van der Waals surface area contributed by atoms with Gasteiger partial charge in [-0.15, -0.1) is 11.8 Å². The average molecular weight is 385 g/mol. The summed E-state index contributed by atoms with van der Waals surface area (Å²) in [5.41, 5.74) is 8.30. The molecule has 1 fully saturated rings. The number of thioether (sulfide) groups is 1. The number of ether oxygens (including phenoxy) is 1. The van der Waals surface area contributed by atoms with E-state index in [9.17, 15) is 4.79 Å². The minimum absolute atomic E-state index is 0.269. The zero-order valence-corrected chi connectivity index (χ0v) is 16.7. The van der Waals surface area contributed by atoms with Crippen LogP contribution in [0, 0.1) is 0 Å². The van der Waals surface area contributed by atoms with E-state index in [-0.39, 0.29) is 5.91 Å². The van der Waals surface area contributed by atoms with E-state index in [1.807, 2.05) is 29.2 Å². The first-order valence-corrected chi connectivity index (χ1v) is 10.5. The standard InChI is InChI=1S/C22H28N2O2S/c1-26-20-5-7-21(8-6-20)27-14-11-22(25)24-12-9-18(10-13-24)19-4-2-3-17(15-19)16-23/h2-8,15,18H,9-14,16,23H2,1H3. The Kier molecular flexibility index (Phi) is 7.18. The van der Waals surface area contributed by atoms with Crippen molar-refractivity contribution in [2.45, 2.75) is 36.6 Å². The molecule has 2 aromatic carbocycles. The molecule has 1 aliphatic rings. The van der Waals surface area contributed by atoms with Crippen LogP contribution < -0.4 is 10.5 Å². The first kappa shape index (κ1) is 19.8. The Morgan fingerprint density at radius 2 is 1.93 bits per heavy atom. The largest absolute Gasteiger partial charge is 0.497 e. The van der Waals surface area contributed by atoms with Crippen LogP contribution in [0.1, 0.15) is 36.3 Å². The van der Waals surface area contributed by atoms with Crippen LogP contribution in [-0.4, -0.2) is 36.8 Å². The lowest BCUT2D eigenvalue weighted by atomic mass is 9.88. The summed E-state index contributed by atoms with van der Waals surface area (Å²) in [6.45, 7) is 2.28. The molecule has 0 saturated carbocycles. The van der Waals surface area contributed by atoms with E-state index in [0.29, 0.717) is 18.9 Å². The zero-order chi connectivity index (χ0) is 19.1. The molecule has 0 atom stereocenters. The van der Waals surface area contributed by atoms with E-state index < -0.39 is 0 Å². The Bertz CT molecular complexity index is 740. The highest BCUT2D eigenvalue weighted by atomic mass is 32.2. The summed E-state index contributed by atoms with van der Waals surface area (Å²) in [7, 11) is 1.67. The second-order valence-corrected chi connectivity index (χ2v) is 8.05. The predicted molar refractivity (Wildman–Crippen MR) is 111 cm³/mol. The molecule has 1 heterocycles. The molecule has 2 N–H and O–H groups in total. The summed E-state index contributed by atoms with van der Waals surface area (Å²) in [5.74, 6) is 2.47. The molecule has 1 amide bonds. The van der Waals surface area contributed by atoms with Crippen LogP contribution in [0.5, 0.6) is 5.75 Å². The lowest BCUT2D eigenvalue weighted by Gasteiger charge is -2.32. The monoisotopic (exact) mass is 384 g/mol. The maximum atomic E-state index is 12.5. The fourth-order valence-electron chi connectivity index (χ4n) is 3.52. The van der Waals surface area contributed by atoms with Crippen molar-refractivity contribution in [2.75, 3.05) is 26.0 Å². The van der Waals surface area contributed by atoms with Crippen molar-refractivity contribution in [1.29, 1.82) is 0 Å². The molecule has 1 aliphatic heterocycles. The Labute approximate surface area is 166 Å². The van der Waals surface area contributed by atoms with E-state index in [4.69, 9.17) is 10.5 Å². The number of rotatable bonds is 7. The second-order valence-electron chi connectivity index (χ2n) is 6.88. The fourth-order valence-corrected chi connectivity index (χ4v) is 4.36. The van der Waals surface area contributed by atoms with Crippen LogP contribution in [0.4, 0.5) is 0 Å². The van der Waals surface area contributed by atoms with Gasteiger partial charge in [0.05, 0.1) is 7.11 Å². The molecule has 1 saturated heterocycles. The number of nitrogens with two attached hydrogens (primary N) is 1. The molecule has 5 heteroatoms. The van der Waals surface area contributed by atoms with Crippen molar-refractivity contribution in [2.24, 2.45) is 5.73 Å². The lowest BCUT2D eigenvalue weighted by Crippen LogP contribution is -2.38. The number of benzene rings is 2. The predicted octanol–water partition coefficient (Wildman–Crippen LogP) is 4.04.